The van der Waals surface area contributed by atoms with Crippen molar-refractivity contribution in [2.75, 3.05) is 13.1 Å². The van der Waals surface area contributed by atoms with Crippen LogP contribution in [0.5, 0.6) is 0 Å². The highest BCUT2D eigenvalue weighted by Crippen LogP contribution is 1.85. The van der Waals surface area contributed by atoms with Crippen molar-refractivity contribution in [1.29, 1.82) is 0 Å². The smallest absolute Gasteiger partial charge is 0.242 e. The van der Waals surface area contributed by atoms with Crippen LogP contribution in [0.1, 0.15) is 0 Å². The van der Waals surface area contributed by atoms with Gasteiger partial charge in [-0.25, -0.2) is 10.1 Å². The van der Waals surface area contributed by atoms with Gasteiger partial charge in [0.2, 0.25) is 11.8 Å². The number of carbonyl (C=O) groups excluding carboxylic acids is 2. The highest BCUT2D eigenvalue weighted by molar-refractivity contribution is 5.78. The number of carbonyl (C=O) groups is 2. The standard InChI is InChI=1S/C4H8N4O4/c5-3(9)1-7(8(11)12)2-4(6)10/h1-2H2,(H2,5,9)(H2,6,10). The van der Waals surface area contributed by atoms with E-state index in [0.717, 1.165) is 0 Å². The van der Waals surface area contributed by atoms with Crippen molar-refractivity contribution >= 4 is 11.8 Å². The Hall–Kier alpha value is -1.86. The molecule has 0 fully saturated rings. The van der Waals surface area contributed by atoms with Gasteiger partial charge in [-0.15, -0.1) is 5.01 Å². The Morgan fingerprint density at radius 3 is 1.75 bits per heavy atom. The molecule has 12 heavy (non-hydrogen) atoms. The van der Waals surface area contributed by atoms with Crippen LogP contribution in [0.3, 0.4) is 0 Å². The van der Waals surface area contributed by atoms with Gasteiger partial charge < -0.3 is 11.5 Å². The van der Waals surface area contributed by atoms with Gasteiger partial charge in [-0.3, -0.25) is 9.59 Å². The maximum Gasteiger partial charge on any atom is 0.242 e. The Labute approximate surface area is 67.2 Å². The molecule has 0 heterocycles. The van der Waals surface area contributed by atoms with E-state index < -0.39 is 29.9 Å². The summed E-state index contributed by atoms with van der Waals surface area (Å²) in [6.45, 7) is -1.26. The lowest BCUT2D eigenvalue weighted by Gasteiger charge is -2.08. The summed E-state index contributed by atoms with van der Waals surface area (Å²) in [7, 11) is 0. The van der Waals surface area contributed by atoms with E-state index in [9.17, 15) is 19.7 Å². The van der Waals surface area contributed by atoms with Gasteiger partial charge in [0.15, 0.2) is 18.1 Å². The van der Waals surface area contributed by atoms with E-state index in [2.05, 4.69) is 11.5 Å². The van der Waals surface area contributed by atoms with Gasteiger partial charge in [0.25, 0.3) is 0 Å². The van der Waals surface area contributed by atoms with Gasteiger partial charge in [0.1, 0.15) is 0 Å². The topological polar surface area (TPSA) is 133 Å². The number of hydrogen-bond donors (Lipinski definition) is 2. The molecule has 0 atom stereocenters. The lowest BCUT2D eigenvalue weighted by molar-refractivity contribution is -0.650. The fraction of sp³-hybridized carbons (Fsp3) is 0.500. The number of nitrogens with zero attached hydrogens (tertiary/aromatic N) is 2. The summed E-state index contributed by atoms with van der Waals surface area (Å²) < 4.78 is 0. The molecule has 0 aliphatic rings. The van der Waals surface area contributed by atoms with Crippen molar-refractivity contribution < 1.29 is 14.6 Å². The number of amides is 2. The number of primary amides is 2. The van der Waals surface area contributed by atoms with E-state index in [0.29, 0.717) is 5.01 Å². The van der Waals surface area contributed by atoms with Crippen LogP contribution >= 0.6 is 0 Å². The predicted molar refractivity (Wildman–Crippen MR) is 37.0 cm³/mol. The first-order chi connectivity index (χ1) is 5.43. The third-order valence-electron chi connectivity index (χ3n) is 0.908. The van der Waals surface area contributed by atoms with Crippen LogP contribution in [-0.2, 0) is 9.59 Å². The van der Waals surface area contributed by atoms with Crippen LogP contribution in [-0.4, -0.2) is 34.9 Å². The van der Waals surface area contributed by atoms with Crippen LogP contribution in [0.25, 0.3) is 0 Å². The quantitative estimate of drug-likeness (QED) is 0.351. The van der Waals surface area contributed by atoms with Crippen LogP contribution in [0.15, 0.2) is 0 Å². The highest BCUT2D eigenvalue weighted by Gasteiger charge is 2.18. The third-order valence-corrected chi connectivity index (χ3v) is 0.908. The second-order valence-corrected chi connectivity index (χ2v) is 1.99. The molecule has 0 aromatic carbocycles. The van der Waals surface area contributed by atoms with Crippen molar-refractivity contribution in [2.24, 2.45) is 11.5 Å². The van der Waals surface area contributed by atoms with Gasteiger partial charge in [-0.2, -0.15) is 0 Å². The zero-order valence-corrected chi connectivity index (χ0v) is 6.10. The van der Waals surface area contributed by atoms with Crippen molar-refractivity contribution in [3.05, 3.63) is 10.1 Å². The Bertz CT molecular complexity index is 199. The normalized spacial score (nSPS) is 9.00. The molecule has 0 aliphatic carbocycles. The zero-order valence-electron chi connectivity index (χ0n) is 6.10. The van der Waals surface area contributed by atoms with Crippen LogP contribution in [0.2, 0.25) is 0 Å². The van der Waals surface area contributed by atoms with E-state index >= 15 is 0 Å². The molecule has 0 spiro atoms. The molecule has 0 saturated carbocycles. The Morgan fingerprint density at radius 1 is 1.25 bits per heavy atom. The first-order valence-electron chi connectivity index (χ1n) is 2.89. The predicted octanol–water partition coefficient (Wildman–Crippen LogP) is -2.55. The second kappa shape index (κ2) is 4.11. The fourth-order valence-electron chi connectivity index (χ4n) is 0.531. The van der Waals surface area contributed by atoms with E-state index in [1.54, 1.807) is 0 Å². The second-order valence-electron chi connectivity index (χ2n) is 1.99. The number of hydrazine groups is 1. The fourth-order valence-corrected chi connectivity index (χ4v) is 0.531. The van der Waals surface area contributed by atoms with E-state index in [-0.39, 0.29) is 0 Å². The molecular weight excluding hydrogens is 168 g/mol. The van der Waals surface area contributed by atoms with E-state index in [1.807, 2.05) is 0 Å². The van der Waals surface area contributed by atoms with Crippen LogP contribution in [0.4, 0.5) is 0 Å². The average Bonchev–Trinajstić information content (AvgIpc) is 1.83. The SMILES string of the molecule is NC(=O)CN(CC(N)=O)[N+](=O)[O-]. The largest absolute Gasteiger partial charge is 0.368 e. The Kier molecular flexibility index (Phi) is 3.47. The lowest BCUT2D eigenvalue weighted by Crippen LogP contribution is -2.42. The van der Waals surface area contributed by atoms with Gasteiger partial charge in [-0.05, 0) is 0 Å². The maximum absolute atomic E-state index is 10.2. The first kappa shape index (κ1) is 10.1. The van der Waals surface area contributed by atoms with Gasteiger partial charge in [-0.1, -0.05) is 0 Å². The molecule has 2 amide bonds. The molecular formula is C4H8N4O4. The Morgan fingerprint density at radius 2 is 1.58 bits per heavy atom. The summed E-state index contributed by atoms with van der Waals surface area (Å²) in [6, 6.07) is 0. The molecule has 0 bridgehead atoms. The molecule has 0 rings (SSSR count). The minimum Gasteiger partial charge on any atom is -0.368 e. The molecule has 0 unspecified atom stereocenters. The molecule has 0 radical (unpaired) electrons. The number of nitro groups is 1. The molecule has 0 saturated heterocycles. The summed E-state index contributed by atoms with van der Waals surface area (Å²) >= 11 is 0. The van der Waals surface area contributed by atoms with Crippen LogP contribution < -0.4 is 11.5 Å². The minimum absolute atomic E-state index is 0.338. The summed E-state index contributed by atoms with van der Waals surface area (Å²) in [5, 5.41) is 9.52. The summed E-state index contributed by atoms with van der Waals surface area (Å²) in [4.78, 5) is 30.5. The monoisotopic (exact) mass is 176 g/mol. The zero-order chi connectivity index (χ0) is 9.72. The summed E-state index contributed by atoms with van der Waals surface area (Å²) in [5.74, 6) is -1.79. The van der Waals surface area contributed by atoms with Crippen molar-refractivity contribution in [3.63, 3.8) is 0 Å². The summed E-state index contributed by atoms with van der Waals surface area (Å²) in [6.07, 6.45) is 0. The molecule has 0 aliphatic heterocycles. The average molecular weight is 176 g/mol. The summed E-state index contributed by atoms with van der Waals surface area (Å²) in [5.41, 5.74) is 9.34. The van der Waals surface area contributed by atoms with Gasteiger partial charge in [0, 0.05) is 0 Å². The molecule has 8 nitrogen and oxygen atoms in total. The molecule has 4 N–H and O–H groups in total. The number of nitrogens with two attached hydrogens (primary N) is 2. The van der Waals surface area contributed by atoms with Gasteiger partial charge in [0.05, 0.1) is 0 Å². The molecule has 0 aromatic rings. The van der Waals surface area contributed by atoms with Crippen LogP contribution in [0, 0.1) is 10.1 Å². The van der Waals surface area contributed by atoms with Gasteiger partial charge >= 0.3 is 0 Å². The molecule has 8 heteroatoms. The molecule has 68 valence electrons. The lowest BCUT2D eigenvalue weighted by atomic mass is 10.5. The van der Waals surface area contributed by atoms with Crippen molar-refractivity contribution in [2.45, 2.75) is 0 Å². The third kappa shape index (κ3) is 4.04. The Balaban J connectivity index is 4.14. The highest BCUT2D eigenvalue weighted by atomic mass is 16.7. The van der Waals surface area contributed by atoms with Crippen molar-refractivity contribution in [3.8, 4) is 0 Å². The molecule has 0 aromatic heterocycles. The number of rotatable bonds is 5. The minimum atomic E-state index is -0.907. The van der Waals surface area contributed by atoms with Crippen molar-refractivity contribution in [1.82, 2.24) is 5.01 Å². The first-order valence-corrected chi connectivity index (χ1v) is 2.89. The van der Waals surface area contributed by atoms with E-state index in [4.69, 9.17) is 0 Å². The number of hydrogen-bond acceptors (Lipinski definition) is 4. The maximum atomic E-state index is 10.2. The van der Waals surface area contributed by atoms with E-state index in [1.165, 1.54) is 0 Å².